The Morgan fingerprint density at radius 2 is 1.24 bits per heavy atom. The van der Waals surface area contributed by atoms with Crippen molar-refractivity contribution in [2.24, 2.45) is 0 Å². The second-order valence-corrected chi connectivity index (χ2v) is 9.11. The molecule has 1 aromatic carbocycles. The van der Waals surface area contributed by atoms with E-state index in [0.29, 0.717) is 19.4 Å². The van der Waals surface area contributed by atoms with E-state index < -0.39 is 49.4 Å². The fourth-order valence-corrected chi connectivity index (χ4v) is 6.32. The van der Waals surface area contributed by atoms with Gasteiger partial charge in [0, 0.05) is 31.9 Å². The second kappa shape index (κ2) is 8.11. The van der Waals surface area contributed by atoms with Gasteiger partial charge in [0.1, 0.15) is 0 Å². The van der Waals surface area contributed by atoms with Crippen LogP contribution >= 0.6 is 0 Å². The van der Waals surface area contributed by atoms with Gasteiger partial charge in [0.15, 0.2) is 23.3 Å². The normalized spacial score (nSPS) is 21.6. The van der Waals surface area contributed by atoms with Gasteiger partial charge in [-0.2, -0.15) is 0 Å². The molecular weight excluding hydrogens is 363 g/mol. The van der Waals surface area contributed by atoms with Gasteiger partial charge in [-0.05, 0) is 38.5 Å². The van der Waals surface area contributed by atoms with Gasteiger partial charge < -0.3 is 13.3 Å². The minimum Gasteiger partial charge on any atom is -0.377 e. The van der Waals surface area contributed by atoms with Gasteiger partial charge in [-0.3, -0.25) is 0 Å². The lowest BCUT2D eigenvalue weighted by Crippen LogP contribution is -2.49. The third kappa shape index (κ3) is 3.60. The lowest BCUT2D eigenvalue weighted by atomic mass is 9.83. The molecule has 1 fully saturated rings. The maximum Gasteiger partial charge on any atom is 0.503 e. The Labute approximate surface area is 144 Å². The third-order valence-electron chi connectivity index (χ3n) is 4.79. The molecule has 0 amide bonds. The average molecular weight is 384 g/mol. The summed E-state index contributed by atoms with van der Waals surface area (Å²) in [5.41, 5.74) is -0.812. The van der Waals surface area contributed by atoms with Crippen molar-refractivity contribution in [3.63, 3.8) is 0 Å². The Morgan fingerprint density at radius 3 is 1.64 bits per heavy atom. The predicted octanol–water partition coefficient (Wildman–Crippen LogP) is 4.68. The first-order valence-corrected chi connectivity index (χ1v) is 9.88. The van der Waals surface area contributed by atoms with Crippen LogP contribution in [0.2, 0.25) is 5.54 Å². The molecule has 0 bridgehead atoms. The van der Waals surface area contributed by atoms with Crippen LogP contribution in [0.4, 0.5) is 22.0 Å². The molecule has 2 rings (SSSR count). The summed E-state index contributed by atoms with van der Waals surface area (Å²) in [6, 6.07) is 0. The Hall–Kier alpha value is -1.03. The Balaban J connectivity index is 2.24. The maximum atomic E-state index is 14.0. The molecule has 0 radical (unpaired) electrons. The highest BCUT2D eigenvalue weighted by Crippen LogP contribution is 2.45. The maximum absolute atomic E-state index is 14.0. The van der Waals surface area contributed by atoms with Crippen LogP contribution < -0.4 is 0 Å². The fourth-order valence-electron chi connectivity index (χ4n) is 3.57. The zero-order valence-electron chi connectivity index (χ0n) is 14.3. The molecule has 0 saturated heterocycles. The van der Waals surface area contributed by atoms with Crippen LogP contribution in [-0.4, -0.2) is 29.6 Å². The first kappa shape index (κ1) is 20.3. The van der Waals surface area contributed by atoms with Gasteiger partial charge in [-0.25, -0.2) is 22.0 Å². The van der Waals surface area contributed by atoms with E-state index in [4.69, 9.17) is 13.3 Å². The Kier molecular flexibility index (Phi) is 6.58. The summed E-state index contributed by atoms with van der Waals surface area (Å²) in [6.45, 7) is 2.20. The molecule has 142 valence electrons. The van der Waals surface area contributed by atoms with Crippen LogP contribution in [0.15, 0.2) is 0 Å². The van der Waals surface area contributed by atoms with E-state index in [2.05, 4.69) is 0 Å². The highest BCUT2D eigenvalue weighted by molar-refractivity contribution is 6.62. The van der Waals surface area contributed by atoms with Crippen molar-refractivity contribution in [3.8, 4) is 0 Å². The molecule has 9 heteroatoms. The molecule has 0 atom stereocenters. The smallest absolute Gasteiger partial charge is 0.377 e. The van der Waals surface area contributed by atoms with Crippen LogP contribution in [-0.2, 0) is 13.3 Å². The summed E-state index contributed by atoms with van der Waals surface area (Å²) < 4.78 is 84.7. The van der Waals surface area contributed by atoms with E-state index in [0.717, 1.165) is 0 Å². The van der Waals surface area contributed by atoms with E-state index in [1.54, 1.807) is 6.92 Å². The SMILES string of the molecule is CCO[Si](OC)(OC)C1CCC(c2c(F)c(F)c(F)c(F)c2F)CC1. The fraction of sp³-hybridized carbons (Fsp3) is 0.625. The molecule has 0 unspecified atom stereocenters. The third-order valence-corrected chi connectivity index (χ3v) is 8.20. The van der Waals surface area contributed by atoms with Gasteiger partial charge in [0.2, 0.25) is 5.82 Å². The zero-order valence-corrected chi connectivity index (χ0v) is 15.3. The first-order chi connectivity index (χ1) is 11.8. The minimum absolute atomic E-state index is 0.0834. The van der Waals surface area contributed by atoms with Crippen LogP contribution in [0.5, 0.6) is 0 Å². The van der Waals surface area contributed by atoms with E-state index in [1.807, 2.05) is 0 Å². The van der Waals surface area contributed by atoms with Crippen LogP contribution in [0.25, 0.3) is 0 Å². The topological polar surface area (TPSA) is 27.7 Å². The minimum atomic E-state index is -2.93. The largest absolute Gasteiger partial charge is 0.503 e. The monoisotopic (exact) mass is 384 g/mol. The van der Waals surface area contributed by atoms with Gasteiger partial charge in [-0.1, -0.05) is 0 Å². The van der Waals surface area contributed by atoms with Crippen molar-refractivity contribution in [1.29, 1.82) is 0 Å². The van der Waals surface area contributed by atoms with Gasteiger partial charge in [0.05, 0.1) is 0 Å². The number of hydrogen-bond acceptors (Lipinski definition) is 3. The lowest BCUT2D eigenvalue weighted by Gasteiger charge is -2.37. The van der Waals surface area contributed by atoms with Crippen molar-refractivity contribution >= 4 is 8.80 Å². The average Bonchev–Trinajstić information content (AvgIpc) is 2.64. The summed E-state index contributed by atoms with van der Waals surface area (Å²) >= 11 is 0. The zero-order chi connectivity index (χ0) is 18.8. The van der Waals surface area contributed by atoms with Gasteiger partial charge in [0.25, 0.3) is 0 Å². The summed E-state index contributed by atoms with van der Waals surface area (Å²) in [5.74, 6) is -10.2. The van der Waals surface area contributed by atoms with E-state index >= 15 is 0 Å². The van der Waals surface area contributed by atoms with Crippen molar-refractivity contribution in [3.05, 3.63) is 34.6 Å². The van der Waals surface area contributed by atoms with E-state index in [-0.39, 0.29) is 18.4 Å². The predicted molar refractivity (Wildman–Crippen MR) is 82.6 cm³/mol. The molecule has 3 nitrogen and oxygen atoms in total. The summed E-state index contributed by atoms with van der Waals surface area (Å²) in [6.07, 6.45) is 1.44. The quantitative estimate of drug-likeness (QED) is 0.309. The van der Waals surface area contributed by atoms with Gasteiger partial charge in [-0.15, -0.1) is 0 Å². The summed E-state index contributed by atoms with van der Waals surface area (Å²) in [7, 11) is 0.0485. The number of benzene rings is 1. The first-order valence-electron chi connectivity index (χ1n) is 8.08. The van der Waals surface area contributed by atoms with Crippen LogP contribution in [0.3, 0.4) is 0 Å². The van der Waals surface area contributed by atoms with Crippen molar-refractivity contribution < 1.29 is 35.2 Å². The number of halogens is 5. The molecule has 1 saturated carbocycles. The van der Waals surface area contributed by atoms with Crippen molar-refractivity contribution in [1.82, 2.24) is 0 Å². The Bertz CT molecular complexity index is 587. The molecule has 1 aromatic rings. The molecule has 1 aliphatic carbocycles. The van der Waals surface area contributed by atoms with Crippen LogP contribution in [0, 0.1) is 29.1 Å². The molecule has 0 N–H and O–H groups in total. The molecule has 25 heavy (non-hydrogen) atoms. The number of rotatable bonds is 6. The standard InChI is InChI=1S/C16H21F5O3Si/c1-4-24-25(22-2,23-3)10-7-5-9(6-8-10)11-12(17)14(19)16(21)15(20)13(11)18/h9-10H,4-8H2,1-3H3. The molecule has 0 spiro atoms. The molecular formula is C16H21F5O3Si. The highest BCUT2D eigenvalue weighted by atomic mass is 28.4. The van der Waals surface area contributed by atoms with Gasteiger partial charge >= 0.3 is 8.80 Å². The van der Waals surface area contributed by atoms with E-state index in [9.17, 15) is 22.0 Å². The van der Waals surface area contributed by atoms with Crippen molar-refractivity contribution in [2.75, 3.05) is 20.8 Å². The Morgan fingerprint density at radius 1 is 0.800 bits per heavy atom. The summed E-state index contributed by atoms with van der Waals surface area (Å²) in [4.78, 5) is 0. The van der Waals surface area contributed by atoms with Crippen LogP contribution in [0.1, 0.15) is 44.1 Å². The summed E-state index contributed by atoms with van der Waals surface area (Å²) in [5, 5.41) is 0. The van der Waals surface area contributed by atoms with Crippen molar-refractivity contribution in [2.45, 2.75) is 44.1 Å². The molecule has 1 aliphatic rings. The molecule has 0 aromatic heterocycles. The molecule has 0 heterocycles. The number of hydrogen-bond donors (Lipinski definition) is 0. The lowest BCUT2D eigenvalue weighted by molar-refractivity contribution is 0.0852. The molecule has 0 aliphatic heterocycles. The highest BCUT2D eigenvalue weighted by Gasteiger charge is 2.49. The second-order valence-electron chi connectivity index (χ2n) is 5.98. The van der Waals surface area contributed by atoms with E-state index in [1.165, 1.54) is 14.2 Å².